The molecule has 10 heteroatoms. The summed E-state index contributed by atoms with van der Waals surface area (Å²) >= 11 is 0. The molecule has 0 spiro atoms. The Kier molecular flexibility index (Phi) is 6.29. The average Bonchev–Trinajstić information content (AvgIpc) is 3.38. The molecule has 176 valence electrons. The predicted molar refractivity (Wildman–Crippen MR) is 126 cm³/mol. The molecule has 1 aliphatic rings. The molecular weight excluding hydrogens is 423 g/mol. The summed E-state index contributed by atoms with van der Waals surface area (Å²) in [4.78, 5) is 29.4. The lowest BCUT2D eigenvalue weighted by molar-refractivity contribution is -0.114. The fraction of sp³-hybridized carbons (Fsp3) is 0.522. The lowest BCUT2D eigenvalue weighted by Crippen LogP contribution is -2.37. The molecule has 1 amide bonds. The first-order valence-corrected chi connectivity index (χ1v) is 11.4. The van der Waals surface area contributed by atoms with Crippen molar-refractivity contribution >= 4 is 28.4 Å². The highest BCUT2D eigenvalue weighted by atomic mass is 19.1. The van der Waals surface area contributed by atoms with Gasteiger partial charge in [-0.25, -0.2) is 19.0 Å². The molecule has 3 aromatic rings. The van der Waals surface area contributed by atoms with Gasteiger partial charge >= 0.3 is 0 Å². The van der Waals surface area contributed by atoms with Crippen LogP contribution in [0, 0.1) is 0 Å². The summed E-state index contributed by atoms with van der Waals surface area (Å²) in [6, 6.07) is 2.22. The third kappa shape index (κ3) is 4.66. The molecule has 4 rings (SSSR count). The van der Waals surface area contributed by atoms with Gasteiger partial charge in [-0.2, -0.15) is 0 Å². The van der Waals surface area contributed by atoms with Gasteiger partial charge in [0.15, 0.2) is 11.6 Å². The Morgan fingerprint density at radius 1 is 1.27 bits per heavy atom. The van der Waals surface area contributed by atoms with Crippen LogP contribution in [0.2, 0.25) is 0 Å². The number of nitrogens with zero attached hydrogens (tertiary/aromatic N) is 7. The van der Waals surface area contributed by atoms with Crippen LogP contribution in [0.4, 0.5) is 16.0 Å². The highest BCUT2D eigenvalue weighted by Gasteiger charge is 2.30. The number of anilines is 2. The first-order valence-electron chi connectivity index (χ1n) is 11.4. The Morgan fingerprint density at radius 3 is 2.70 bits per heavy atom. The van der Waals surface area contributed by atoms with E-state index in [0.717, 1.165) is 49.3 Å². The number of rotatable bonds is 7. The van der Waals surface area contributed by atoms with Crippen LogP contribution in [0.3, 0.4) is 0 Å². The lowest BCUT2D eigenvalue weighted by atomic mass is 10.1. The van der Waals surface area contributed by atoms with Crippen molar-refractivity contribution in [3.63, 3.8) is 0 Å². The Morgan fingerprint density at radius 2 is 2.03 bits per heavy atom. The average molecular weight is 455 g/mol. The Balaban J connectivity index is 1.80. The van der Waals surface area contributed by atoms with E-state index in [9.17, 15) is 9.18 Å². The summed E-state index contributed by atoms with van der Waals surface area (Å²) < 4.78 is 16.2. The number of hydrogen-bond acceptors (Lipinski definition) is 7. The molecule has 0 aromatic carbocycles. The summed E-state index contributed by atoms with van der Waals surface area (Å²) in [7, 11) is 0. The van der Waals surface area contributed by atoms with Crippen LogP contribution in [0.15, 0.2) is 24.7 Å². The van der Waals surface area contributed by atoms with E-state index in [4.69, 9.17) is 5.10 Å². The van der Waals surface area contributed by atoms with Crippen molar-refractivity contribution in [1.82, 2.24) is 29.6 Å². The molecule has 33 heavy (non-hydrogen) atoms. The standard InChI is InChI=1S/C23H31FN8O/c1-6-30(7-2)16-8-9-31(14-16)22-17-11-26-20(27-15(3)33)10-18(17)32(29-22)21-13-25-12-19(28-21)23(4,5)24/h10-13,16H,6-9,14H2,1-5H3,(H,26,27,33)/t16-/m1/s1. The van der Waals surface area contributed by atoms with E-state index in [2.05, 4.69) is 43.9 Å². The molecule has 1 saturated heterocycles. The second-order valence-corrected chi connectivity index (χ2v) is 8.85. The number of halogens is 1. The van der Waals surface area contributed by atoms with Crippen LogP contribution >= 0.6 is 0 Å². The van der Waals surface area contributed by atoms with E-state index in [1.165, 1.54) is 27.0 Å². The lowest BCUT2D eigenvalue weighted by Gasteiger charge is -2.26. The molecular formula is C23H31FN8O. The van der Waals surface area contributed by atoms with Crippen LogP contribution in [0.25, 0.3) is 16.7 Å². The summed E-state index contributed by atoms with van der Waals surface area (Å²) in [5, 5.41) is 8.44. The van der Waals surface area contributed by atoms with E-state index in [-0.39, 0.29) is 11.6 Å². The highest BCUT2D eigenvalue weighted by molar-refractivity contribution is 5.95. The third-order valence-corrected chi connectivity index (χ3v) is 6.09. The number of amides is 1. The van der Waals surface area contributed by atoms with Crippen molar-refractivity contribution in [2.75, 3.05) is 36.4 Å². The largest absolute Gasteiger partial charge is 0.353 e. The van der Waals surface area contributed by atoms with Gasteiger partial charge in [0.2, 0.25) is 5.91 Å². The number of likely N-dealkylation sites (N-methyl/N-ethyl adjacent to an activating group) is 1. The molecule has 0 unspecified atom stereocenters. The van der Waals surface area contributed by atoms with Gasteiger partial charge in [-0.3, -0.25) is 14.7 Å². The number of hydrogen-bond donors (Lipinski definition) is 1. The zero-order valence-corrected chi connectivity index (χ0v) is 19.8. The van der Waals surface area contributed by atoms with E-state index >= 15 is 0 Å². The Labute approximate surface area is 193 Å². The number of aromatic nitrogens is 5. The van der Waals surface area contributed by atoms with Crippen molar-refractivity contribution in [3.05, 3.63) is 30.4 Å². The number of fused-ring (bicyclic) bond motifs is 1. The first-order chi connectivity index (χ1) is 15.7. The van der Waals surface area contributed by atoms with Crippen LogP contribution in [-0.2, 0) is 10.5 Å². The van der Waals surface area contributed by atoms with Gasteiger partial charge in [-0.05, 0) is 33.4 Å². The molecule has 0 aliphatic carbocycles. The van der Waals surface area contributed by atoms with Gasteiger partial charge in [-0.15, -0.1) is 5.10 Å². The summed E-state index contributed by atoms with van der Waals surface area (Å²) in [6.07, 6.45) is 5.77. The number of nitrogens with one attached hydrogen (secondary N) is 1. The van der Waals surface area contributed by atoms with Crippen LogP contribution < -0.4 is 10.2 Å². The summed E-state index contributed by atoms with van der Waals surface area (Å²) in [5.74, 6) is 1.41. The molecule has 0 radical (unpaired) electrons. The second kappa shape index (κ2) is 9.01. The number of carbonyl (C=O) groups excluding carboxylic acids is 1. The van der Waals surface area contributed by atoms with Crippen molar-refractivity contribution in [3.8, 4) is 5.82 Å². The minimum atomic E-state index is -1.64. The van der Waals surface area contributed by atoms with Gasteiger partial charge in [0.05, 0.1) is 29.0 Å². The van der Waals surface area contributed by atoms with Crippen molar-refractivity contribution < 1.29 is 9.18 Å². The second-order valence-electron chi connectivity index (χ2n) is 8.85. The van der Waals surface area contributed by atoms with Crippen molar-refractivity contribution in [2.24, 2.45) is 0 Å². The highest BCUT2D eigenvalue weighted by Crippen LogP contribution is 2.32. The fourth-order valence-electron chi connectivity index (χ4n) is 4.37. The third-order valence-electron chi connectivity index (χ3n) is 6.09. The van der Waals surface area contributed by atoms with Crippen molar-refractivity contribution in [1.29, 1.82) is 0 Å². The van der Waals surface area contributed by atoms with Gasteiger partial charge in [0.25, 0.3) is 0 Å². The first kappa shape index (κ1) is 23.0. The number of carbonyl (C=O) groups is 1. The molecule has 9 nitrogen and oxygen atoms in total. The van der Waals surface area contributed by atoms with Gasteiger partial charge in [-0.1, -0.05) is 13.8 Å². The topological polar surface area (TPSA) is 92.1 Å². The smallest absolute Gasteiger partial charge is 0.222 e. The van der Waals surface area contributed by atoms with Crippen LogP contribution in [-0.4, -0.2) is 67.8 Å². The zero-order valence-electron chi connectivity index (χ0n) is 19.8. The number of pyridine rings is 1. The minimum Gasteiger partial charge on any atom is -0.353 e. The van der Waals surface area contributed by atoms with E-state index < -0.39 is 5.67 Å². The molecule has 4 heterocycles. The predicted octanol–water partition coefficient (Wildman–Crippen LogP) is 3.29. The molecule has 1 fully saturated rings. The summed E-state index contributed by atoms with van der Waals surface area (Å²) in [5.41, 5.74) is -0.689. The van der Waals surface area contributed by atoms with Gasteiger partial charge in [0, 0.05) is 38.3 Å². The fourth-order valence-corrected chi connectivity index (χ4v) is 4.37. The molecule has 3 aromatic heterocycles. The quantitative estimate of drug-likeness (QED) is 0.586. The normalized spacial score (nSPS) is 16.7. The molecule has 1 N–H and O–H groups in total. The maximum Gasteiger partial charge on any atom is 0.222 e. The molecule has 1 aliphatic heterocycles. The zero-order chi connectivity index (χ0) is 23.8. The maximum absolute atomic E-state index is 14.6. The Hall–Kier alpha value is -3.14. The molecule has 1 atom stereocenters. The monoisotopic (exact) mass is 454 g/mol. The van der Waals surface area contributed by atoms with Gasteiger partial charge in [0.1, 0.15) is 11.5 Å². The molecule has 0 saturated carbocycles. The number of alkyl halides is 1. The van der Waals surface area contributed by atoms with Crippen LogP contribution in [0.5, 0.6) is 0 Å². The van der Waals surface area contributed by atoms with Crippen molar-refractivity contribution in [2.45, 2.75) is 52.8 Å². The maximum atomic E-state index is 14.6. The van der Waals surface area contributed by atoms with Gasteiger partial charge < -0.3 is 10.2 Å². The van der Waals surface area contributed by atoms with E-state index in [0.29, 0.717) is 17.7 Å². The Bertz CT molecular complexity index is 1150. The van der Waals surface area contributed by atoms with Crippen LogP contribution in [0.1, 0.15) is 46.7 Å². The summed E-state index contributed by atoms with van der Waals surface area (Å²) in [6.45, 7) is 12.5. The van der Waals surface area contributed by atoms with E-state index in [1.54, 1.807) is 23.1 Å². The SMILES string of the molecule is CCN(CC)[C@@H]1CCN(c2nn(-c3cncc(C(C)(C)F)n3)c3cc(NC(C)=O)ncc23)C1. The minimum absolute atomic E-state index is 0.212. The van der Waals surface area contributed by atoms with E-state index in [1.807, 2.05) is 0 Å². The molecule has 0 bridgehead atoms.